The maximum atomic E-state index is 9.94. The number of rotatable bonds is 3. The number of benzene rings is 1. The highest BCUT2D eigenvalue weighted by atomic mass is 16.3. The van der Waals surface area contributed by atoms with Crippen LogP contribution in [0, 0.1) is 16.7 Å². The lowest BCUT2D eigenvalue weighted by Crippen LogP contribution is -2.40. The number of hydrogen-bond acceptors (Lipinski definition) is 2. The van der Waals surface area contributed by atoms with E-state index in [0.29, 0.717) is 16.9 Å². The molecule has 0 saturated heterocycles. The van der Waals surface area contributed by atoms with Crippen molar-refractivity contribution in [2.45, 2.75) is 59.1 Å². The van der Waals surface area contributed by atoms with E-state index in [1.807, 2.05) is 19.1 Å². The van der Waals surface area contributed by atoms with Gasteiger partial charge in [-0.2, -0.15) is 0 Å². The molecular weight excluding hydrogens is 246 g/mol. The monoisotopic (exact) mass is 273 g/mol. The lowest BCUT2D eigenvalue weighted by atomic mass is 9.69. The Morgan fingerprint density at radius 3 is 2.50 bits per heavy atom. The second kappa shape index (κ2) is 4.49. The van der Waals surface area contributed by atoms with Crippen LogP contribution in [0.4, 0.5) is 5.69 Å². The van der Waals surface area contributed by atoms with Crippen LogP contribution in [-0.4, -0.2) is 11.1 Å². The summed E-state index contributed by atoms with van der Waals surface area (Å²) in [5, 5.41) is 13.7. The Bertz CT molecular complexity index is 508. The van der Waals surface area contributed by atoms with Gasteiger partial charge in [0.2, 0.25) is 0 Å². The molecule has 0 aliphatic heterocycles. The molecule has 2 bridgehead atoms. The van der Waals surface area contributed by atoms with E-state index < -0.39 is 6.10 Å². The third-order valence-corrected chi connectivity index (χ3v) is 6.53. The fraction of sp³-hybridized carbons (Fsp3) is 0.667. The van der Waals surface area contributed by atoms with Gasteiger partial charge in [0.15, 0.2) is 0 Å². The molecule has 4 unspecified atom stereocenters. The largest absolute Gasteiger partial charge is 0.389 e. The molecule has 2 fully saturated rings. The van der Waals surface area contributed by atoms with Gasteiger partial charge in [0.1, 0.15) is 0 Å². The Labute approximate surface area is 122 Å². The van der Waals surface area contributed by atoms with Crippen molar-refractivity contribution in [3.8, 4) is 0 Å². The van der Waals surface area contributed by atoms with Gasteiger partial charge in [-0.15, -0.1) is 0 Å². The van der Waals surface area contributed by atoms with Crippen LogP contribution in [0.2, 0.25) is 0 Å². The molecule has 4 atom stereocenters. The van der Waals surface area contributed by atoms with E-state index in [0.717, 1.165) is 17.2 Å². The molecule has 2 heteroatoms. The van der Waals surface area contributed by atoms with Gasteiger partial charge in [-0.3, -0.25) is 0 Å². The van der Waals surface area contributed by atoms with Gasteiger partial charge in [-0.1, -0.05) is 39.0 Å². The first-order chi connectivity index (χ1) is 9.36. The van der Waals surface area contributed by atoms with Gasteiger partial charge in [0.05, 0.1) is 6.10 Å². The Morgan fingerprint density at radius 2 is 1.95 bits per heavy atom. The van der Waals surface area contributed by atoms with Crippen LogP contribution in [0.3, 0.4) is 0 Å². The van der Waals surface area contributed by atoms with E-state index in [4.69, 9.17) is 0 Å². The molecule has 0 heterocycles. The van der Waals surface area contributed by atoms with E-state index in [-0.39, 0.29) is 0 Å². The Hall–Kier alpha value is -1.02. The van der Waals surface area contributed by atoms with Crippen molar-refractivity contribution in [1.29, 1.82) is 0 Å². The summed E-state index contributed by atoms with van der Waals surface area (Å²) >= 11 is 0. The van der Waals surface area contributed by atoms with Crippen molar-refractivity contribution < 1.29 is 5.11 Å². The first kappa shape index (κ1) is 13.9. The van der Waals surface area contributed by atoms with Crippen molar-refractivity contribution in [3.05, 3.63) is 29.8 Å². The number of anilines is 1. The molecule has 2 aliphatic rings. The van der Waals surface area contributed by atoms with E-state index in [1.165, 1.54) is 19.3 Å². The molecule has 1 aromatic rings. The lowest BCUT2D eigenvalue weighted by Gasteiger charge is -2.40. The summed E-state index contributed by atoms with van der Waals surface area (Å²) in [5.74, 6) is 0.837. The number of aliphatic hydroxyl groups is 1. The summed E-state index contributed by atoms with van der Waals surface area (Å²) in [5.41, 5.74) is 2.90. The molecule has 0 amide bonds. The summed E-state index contributed by atoms with van der Waals surface area (Å²) in [6.45, 7) is 9.16. The smallest absolute Gasteiger partial charge is 0.0781 e. The summed E-state index contributed by atoms with van der Waals surface area (Å²) < 4.78 is 0. The number of hydrogen-bond donors (Lipinski definition) is 2. The van der Waals surface area contributed by atoms with Crippen LogP contribution >= 0.6 is 0 Å². The first-order valence-electron chi connectivity index (χ1n) is 7.90. The fourth-order valence-corrected chi connectivity index (χ4v) is 4.60. The zero-order valence-electron chi connectivity index (χ0n) is 13.1. The highest BCUT2D eigenvalue weighted by Gasteiger charge is 2.61. The molecular formula is C18H27NO. The second-order valence-corrected chi connectivity index (χ2v) is 7.57. The molecule has 2 nitrogen and oxygen atoms in total. The third kappa shape index (κ3) is 1.81. The van der Waals surface area contributed by atoms with Crippen LogP contribution in [0.25, 0.3) is 0 Å². The second-order valence-electron chi connectivity index (χ2n) is 7.57. The van der Waals surface area contributed by atoms with Crippen LogP contribution in [0.5, 0.6) is 0 Å². The summed E-state index contributed by atoms with van der Waals surface area (Å²) in [4.78, 5) is 0. The van der Waals surface area contributed by atoms with Gasteiger partial charge < -0.3 is 10.4 Å². The van der Waals surface area contributed by atoms with E-state index in [2.05, 4.69) is 38.2 Å². The molecule has 2 aliphatic carbocycles. The number of nitrogens with one attached hydrogen (secondary N) is 1. The van der Waals surface area contributed by atoms with E-state index in [1.54, 1.807) is 0 Å². The van der Waals surface area contributed by atoms with Gasteiger partial charge in [0, 0.05) is 17.3 Å². The minimum atomic E-state index is -0.418. The number of fused-ring (bicyclic) bond motifs is 2. The average molecular weight is 273 g/mol. The SMILES string of the molecule is CC(O)c1ccccc1NC1CC2CCC1(C)C2(C)C. The van der Waals surface area contributed by atoms with Gasteiger partial charge in [0.25, 0.3) is 0 Å². The summed E-state index contributed by atoms with van der Waals surface area (Å²) in [6, 6.07) is 8.70. The standard InChI is InChI=1S/C18H27NO/c1-12(20)14-7-5-6-8-15(14)19-16-11-13-9-10-18(16,4)17(13,2)3/h5-8,12-13,16,19-20H,9-11H2,1-4H3. The maximum Gasteiger partial charge on any atom is 0.0781 e. The minimum absolute atomic E-state index is 0.365. The zero-order chi connectivity index (χ0) is 14.5. The Balaban J connectivity index is 1.87. The highest BCUT2D eigenvalue weighted by molar-refractivity contribution is 5.53. The molecule has 20 heavy (non-hydrogen) atoms. The Kier molecular flexibility index (Phi) is 3.13. The van der Waals surface area contributed by atoms with Gasteiger partial charge >= 0.3 is 0 Å². The van der Waals surface area contributed by atoms with Crippen molar-refractivity contribution in [3.63, 3.8) is 0 Å². The summed E-state index contributed by atoms with van der Waals surface area (Å²) in [7, 11) is 0. The lowest BCUT2D eigenvalue weighted by molar-refractivity contribution is 0.142. The van der Waals surface area contributed by atoms with Crippen LogP contribution in [-0.2, 0) is 0 Å². The predicted molar refractivity (Wildman–Crippen MR) is 83.7 cm³/mol. The average Bonchev–Trinajstić information content (AvgIpc) is 2.72. The van der Waals surface area contributed by atoms with Crippen LogP contribution in [0.1, 0.15) is 58.6 Å². The quantitative estimate of drug-likeness (QED) is 0.857. The normalized spacial score (nSPS) is 36.0. The fourth-order valence-electron chi connectivity index (χ4n) is 4.60. The first-order valence-corrected chi connectivity index (χ1v) is 7.90. The minimum Gasteiger partial charge on any atom is -0.389 e. The molecule has 0 radical (unpaired) electrons. The van der Waals surface area contributed by atoms with Crippen LogP contribution < -0.4 is 5.32 Å². The topological polar surface area (TPSA) is 32.3 Å². The molecule has 1 aromatic carbocycles. The maximum absolute atomic E-state index is 9.94. The molecule has 2 saturated carbocycles. The molecule has 3 rings (SSSR count). The van der Waals surface area contributed by atoms with Crippen molar-refractivity contribution in [1.82, 2.24) is 0 Å². The van der Waals surface area contributed by atoms with Gasteiger partial charge in [-0.05, 0) is 49.0 Å². The van der Waals surface area contributed by atoms with Crippen molar-refractivity contribution >= 4 is 5.69 Å². The molecule has 0 spiro atoms. The number of aliphatic hydroxyl groups excluding tert-OH is 1. The Morgan fingerprint density at radius 1 is 1.25 bits per heavy atom. The third-order valence-electron chi connectivity index (χ3n) is 6.53. The van der Waals surface area contributed by atoms with Gasteiger partial charge in [-0.25, -0.2) is 0 Å². The number of para-hydroxylation sites is 1. The molecule has 110 valence electrons. The van der Waals surface area contributed by atoms with E-state index in [9.17, 15) is 5.11 Å². The molecule has 0 aromatic heterocycles. The van der Waals surface area contributed by atoms with Crippen molar-refractivity contribution in [2.75, 3.05) is 5.32 Å². The predicted octanol–water partition coefficient (Wildman–Crippen LogP) is 4.37. The van der Waals surface area contributed by atoms with Crippen molar-refractivity contribution in [2.24, 2.45) is 16.7 Å². The van der Waals surface area contributed by atoms with E-state index >= 15 is 0 Å². The molecule has 2 N–H and O–H groups in total. The summed E-state index contributed by atoms with van der Waals surface area (Å²) in [6.07, 6.45) is 3.54. The zero-order valence-corrected chi connectivity index (χ0v) is 13.1. The highest BCUT2D eigenvalue weighted by Crippen LogP contribution is 2.65. The van der Waals surface area contributed by atoms with Crippen LogP contribution in [0.15, 0.2) is 24.3 Å².